The van der Waals surface area contributed by atoms with Gasteiger partial charge in [0.25, 0.3) is 0 Å². The molecule has 2 aromatic rings. The molecule has 2 aliphatic heterocycles. The predicted molar refractivity (Wildman–Crippen MR) is 95.7 cm³/mol. The second kappa shape index (κ2) is 6.52. The summed E-state index contributed by atoms with van der Waals surface area (Å²) in [5.41, 5.74) is 4.50. The topological polar surface area (TPSA) is 62.6 Å². The molecule has 0 radical (unpaired) electrons. The highest BCUT2D eigenvalue weighted by molar-refractivity contribution is 5.67. The van der Waals surface area contributed by atoms with Crippen molar-refractivity contribution >= 4 is 0 Å². The van der Waals surface area contributed by atoms with E-state index < -0.39 is 0 Å². The van der Waals surface area contributed by atoms with Gasteiger partial charge in [-0.2, -0.15) is 4.98 Å². The maximum absolute atomic E-state index is 12.4. The van der Waals surface area contributed by atoms with Crippen LogP contribution in [0.5, 0.6) is 5.88 Å². The number of rotatable bonds is 4. The Morgan fingerprint density at radius 2 is 2.15 bits per heavy atom. The smallest absolute Gasteiger partial charge is 0.351 e. The van der Waals surface area contributed by atoms with Crippen LogP contribution in [0.1, 0.15) is 29.9 Å². The van der Waals surface area contributed by atoms with E-state index >= 15 is 0 Å². The lowest BCUT2D eigenvalue weighted by atomic mass is 9.94. The van der Waals surface area contributed by atoms with Crippen LogP contribution in [0.25, 0.3) is 11.3 Å². The number of fused-ring (bicyclic) bond motifs is 3. The molecule has 1 aliphatic carbocycles. The van der Waals surface area contributed by atoms with Crippen molar-refractivity contribution in [1.82, 2.24) is 9.55 Å². The third-order valence-corrected chi connectivity index (χ3v) is 5.35. The lowest BCUT2D eigenvalue weighted by molar-refractivity contribution is -0.102. The van der Waals surface area contributed by atoms with Crippen molar-refractivity contribution in [1.29, 1.82) is 0 Å². The molecule has 1 unspecified atom stereocenters. The monoisotopic (exact) mass is 354 g/mol. The molecule has 1 aromatic heterocycles. The molecule has 136 valence electrons. The fraction of sp³-hybridized carbons (Fsp3) is 0.500. The standard InChI is InChI=1S/C20H22N2O4/c23-20-21-19(26-12-16-11-24-7-8-25-16)10-18-17-4-3-14(13-1-2-13)9-15(17)5-6-22(18)20/h3-4,9-10,13,16H,1-2,5-8,11-12H2. The highest BCUT2D eigenvalue weighted by atomic mass is 16.6. The van der Waals surface area contributed by atoms with Crippen LogP contribution in [0.4, 0.5) is 0 Å². The van der Waals surface area contributed by atoms with Crippen LogP contribution < -0.4 is 10.4 Å². The summed E-state index contributed by atoms with van der Waals surface area (Å²) < 4.78 is 18.4. The van der Waals surface area contributed by atoms with Crippen LogP contribution in [-0.2, 0) is 22.4 Å². The Labute approximate surface area is 151 Å². The average Bonchev–Trinajstić information content (AvgIpc) is 3.52. The Bertz CT molecular complexity index is 882. The molecule has 0 spiro atoms. The van der Waals surface area contributed by atoms with Crippen LogP contribution in [0.15, 0.2) is 29.1 Å². The fourth-order valence-corrected chi connectivity index (χ4v) is 3.78. The molecule has 5 rings (SSSR count). The van der Waals surface area contributed by atoms with Crippen molar-refractivity contribution in [2.24, 2.45) is 0 Å². The Morgan fingerprint density at radius 3 is 2.96 bits per heavy atom. The van der Waals surface area contributed by atoms with E-state index in [2.05, 4.69) is 23.2 Å². The zero-order chi connectivity index (χ0) is 17.5. The molecule has 1 aromatic carbocycles. The first-order valence-electron chi connectivity index (χ1n) is 9.35. The van der Waals surface area contributed by atoms with Crippen molar-refractivity contribution in [2.75, 3.05) is 26.4 Å². The minimum Gasteiger partial charge on any atom is -0.475 e. The first-order valence-corrected chi connectivity index (χ1v) is 9.35. The van der Waals surface area contributed by atoms with Gasteiger partial charge in [0.1, 0.15) is 12.7 Å². The minimum atomic E-state index is -0.254. The summed E-state index contributed by atoms with van der Waals surface area (Å²) in [6.07, 6.45) is 3.35. The normalized spacial score (nSPS) is 21.8. The zero-order valence-electron chi connectivity index (χ0n) is 14.6. The molecule has 1 saturated heterocycles. The van der Waals surface area contributed by atoms with Gasteiger partial charge in [-0.15, -0.1) is 0 Å². The average molecular weight is 354 g/mol. The number of benzene rings is 1. The SMILES string of the molecule is O=c1nc(OCC2COCCO2)cc2n1CCc1cc(C3CC3)ccc1-2. The molecular weight excluding hydrogens is 332 g/mol. The lowest BCUT2D eigenvalue weighted by Crippen LogP contribution is -2.34. The second-order valence-corrected chi connectivity index (χ2v) is 7.23. The summed E-state index contributed by atoms with van der Waals surface area (Å²) in [6.45, 7) is 2.71. The number of aromatic nitrogens is 2. The molecule has 6 nitrogen and oxygen atoms in total. The summed E-state index contributed by atoms with van der Waals surface area (Å²) >= 11 is 0. The van der Waals surface area contributed by atoms with Crippen molar-refractivity contribution in [3.63, 3.8) is 0 Å². The van der Waals surface area contributed by atoms with Crippen LogP contribution in [-0.4, -0.2) is 42.1 Å². The summed E-state index contributed by atoms with van der Waals surface area (Å²) in [5, 5.41) is 0. The third kappa shape index (κ3) is 3.04. The van der Waals surface area contributed by atoms with Crippen LogP contribution >= 0.6 is 0 Å². The Morgan fingerprint density at radius 1 is 1.23 bits per heavy atom. The third-order valence-electron chi connectivity index (χ3n) is 5.35. The molecule has 2 fully saturated rings. The van der Waals surface area contributed by atoms with E-state index in [9.17, 15) is 4.79 Å². The summed E-state index contributed by atoms with van der Waals surface area (Å²) in [4.78, 5) is 16.5. The highest BCUT2D eigenvalue weighted by Crippen LogP contribution is 2.42. The fourth-order valence-electron chi connectivity index (χ4n) is 3.78. The van der Waals surface area contributed by atoms with Crippen molar-refractivity contribution in [2.45, 2.75) is 37.8 Å². The van der Waals surface area contributed by atoms with E-state index in [4.69, 9.17) is 14.2 Å². The Kier molecular flexibility index (Phi) is 4.02. The van der Waals surface area contributed by atoms with E-state index in [-0.39, 0.29) is 11.8 Å². The zero-order valence-corrected chi connectivity index (χ0v) is 14.6. The second-order valence-electron chi connectivity index (χ2n) is 7.23. The van der Waals surface area contributed by atoms with Crippen LogP contribution in [0.2, 0.25) is 0 Å². The molecule has 3 heterocycles. The van der Waals surface area contributed by atoms with Gasteiger partial charge >= 0.3 is 5.69 Å². The van der Waals surface area contributed by atoms with Crippen molar-refractivity contribution < 1.29 is 14.2 Å². The molecule has 1 atom stereocenters. The van der Waals surface area contributed by atoms with Gasteiger partial charge in [-0.25, -0.2) is 4.79 Å². The van der Waals surface area contributed by atoms with Gasteiger partial charge in [0.15, 0.2) is 0 Å². The molecule has 26 heavy (non-hydrogen) atoms. The van der Waals surface area contributed by atoms with Crippen LogP contribution in [0, 0.1) is 0 Å². The van der Waals surface area contributed by atoms with Gasteiger partial charge in [0, 0.05) is 18.2 Å². The number of nitrogens with zero attached hydrogens (tertiary/aromatic N) is 2. The van der Waals surface area contributed by atoms with E-state index in [1.165, 1.54) is 24.0 Å². The van der Waals surface area contributed by atoms with Gasteiger partial charge in [0.05, 0.1) is 25.5 Å². The van der Waals surface area contributed by atoms with Gasteiger partial charge in [0.2, 0.25) is 5.88 Å². The lowest BCUT2D eigenvalue weighted by Gasteiger charge is -2.24. The summed E-state index contributed by atoms with van der Waals surface area (Å²) in [5.74, 6) is 1.09. The van der Waals surface area contributed by atoms with Gasteiger partial charge in [-0.05, 0) is 36.3 Å². The maximum atomic E-state index is 12.4. The molecule has 0 bridgehead atoms. The first-order chi connectivity index (χ1) is 12.8. The quantitative estimate of drug-likeness (QED) is 0.842. The summed E-state index contributed by atoms with van der Waals surface area (Å²) in [7, 11) is 0. The van der Waals surface area contributed by atoms with E-state index in [0.717, 1.165) is 23.6 Å². The predicted octanol–water partition coefficient (Wildman–Crippen LogP) is 2.14. The number of aryl methyl sites for hydroxylation is 1. The largest absolute Gasteiger partial charge is 0.475 e. The van der Waals surface area contributed by atoms with Gasteiger partial charge in [-0.1, -0.05) is 18.2 Å². The molecule has 3 aliphatic rings. The molecule has 6 heteroatoms. The van der Waals surface area contributed by atoms with Crippen molar-refractivity contribution in [3.8, 4) is 17.1 Å². The Balaban J connectivity index is 1.43. The highest BCUT2D eigenvalue weighted by Gasteiger charge is 2.26. The number of hydrogen-bond acceptors (Lipinski definition) is 5. The maximum Gasteiger partial charge on any atom is 0.351 e. The minimum absolute atomic E-state index is 0.113. The molecular formula is C20H22N2O4. The molecule has 1 saturated carbocycles. The molecule has 0 amide bonds. The van der Waals surface area contributed by atoms with Gasteiger partial charge in [-0.3, -0.25) is 4.57 Å². The van der Waals surface area contributed by atoms with Gasteiger partial charge < -0.3 is 14.2 Å². The van der Waals surface area contributed by atoms with Crippen LogP contribution in [0.3, 0.4) is 0 Å². The van der Waals surface area contributed by atoms with Crippen molar-refractivity contribution in [3.05, 3.63) is 45.9 Å². The number of ether oxygens (including phenoxy) is 3. The van der Waals surface area contributed by atoms with E-state index in [1.54, 1.807) is 4.57 Å². The van der Waals surface area contributed by atoms with E-state index in [0.29, 0.717) is 38.9 Å². The number of hydrogen-bond donors (Lipinski definition) is 0. The molecule has 0 N–H and O–H groups in total. The first kappa shape index (κ1) is 16.0. The van der Waals surface area contributed by atoms with E-state index in [1.807, 2.05) is 6.07 Å². The Hall–Kier alpha value is -2.18. The summed E-state index contributed by atoms with van der Waals surface area (Å²) in [6, 6.07) is 8.54.